The summed E-state index contributed by atoms with van der Waals surface area (Å²) in [6, 6.07) is 18.4. The van der Waals surface area contributed by atoms with Crippen LogP contribution in [-0.4, -0.2) is 29.0 Å². The highest BCUT2D eigenvalue weighted by molar-refractivity contribution is 5.79. The van der Waals surface area contributed by atoms with Crippen molar-refractivity contribution < 1.29 is 4.79 Å². The number of rotatable bonds is 5. The molecule has 4 rings (SSSR count). The van der Waals surface area contributed by atoms with Crippen LogP contribution in [0.4, 0.5) is 5.95 Å². The molecule has 1 aliphatic rings. The van der Waals surface area contributed by atoms with Crippen LogP contribution in [0.5, 0.6) is 0 Å². The Bertz CT molecular complexity index is 939. The summed E-state index contributed by atoms with van der Waals surface area (Å²) in [4.78, 5) is 23.9. The smallest absolute Gasteiger partial charge is 0.225 e. The normalized spacial score (nSPS) is 16.4. The van der Waals surface area contributed by atoms with E-state index in [1.165, 1.54) is 5.56 Å². The Morgan fingerprint density at radius 1 is 1.03 bits per heavy atom. The monoisotopic (exact) mass is 386 g/mol. The zero-order valence-electron chi connectivity index (χ0n) is 16.7. The summed E-state index contributed by atoms with van der Waals surface area (Å²) in [6.07, 6.45) is 5.60. The number of carbonyl (C=O) groups excluding carboxylic acids is 1. The topological polar surface area (TPSA) is 58.1 Å². The molecule has 3 aromatic rings. The van der Waals surface area contributed by atoms with Gasteiger partial charge < -0.3 is 10.2 Å². The molecule has 1 aliphatic heterocycles. The molecule has 1 unspecified atom stereocenters. The number of aryl methyl sites for hydroxylation is 1. The maximum Gasteiger partial charge on any atom is 0.225 e. The Kier molecular flexibility index (Phi) is 5.84. The molecule has 0 spiro atoms. The van der Waals surface area contributed by atoms with Crippen LogP contribution in [0.15, 0.2) is 67.0 Å². The first-order chi connectivity index (χ1) is 14.2. The van der Waals surface area contributed by atoms with E-state index in [1.807, 2.05) is 42.7 Å². The van der Waals surface area contributed by atoms with Crippen LogP contribution in [0.1, 0.15) is 24.0 Å². The number of amides is 1. The molecule has 0 radical (unpaired) electrons. The summed E-state index contributed by atoms with van der Waals surface area (Å²) < 4.78 is 0. The minimum Gasteiger partial charge on any atom is -0.352 e. The Balaban J connectivity index is 1.37. The average molecular weight is 386 g/mol. The summed E-state index contributed by atoms with van der Waals surface area (Å²) in [6.45, 7) is 4.18. The molecule has 1 N–H and O–H groups in total. The highest BCUT2D eigenvalue weighted by Gasteiger charge is 2.27. The molecule has 2 heterocycles. The van der Waals surface area contributed by atoms with E-state index >= 15 is 0 Å². The lowest BCUT2D eigenvalue weighted by Crippen LogP contribution is -2.43. The predicted octanol–water partition coefficient (Wildman–Crippen LogP) is 3.98. The largest absolute Gasteiger partial charge is 0.352 e. The molecule has 2 aromatic carbocycles. The molecule has 29 heavy (non-hydrogen) atoms. The van der Waals surface area contributed by atoms with Gasteiger partial charge in [-0.25, -0.2) is 9.97 Å². The number of carbonyl (C=O) groups is 1. The molecule has 0 aliphatic carbocycles. The van der Waals surface area contributed by atoms with Crippen molar-refractivity contribution in [3.05, 3.63) is 78.1 Å². The van der Waals surface area contributed by atoms with Gasteiger partial charge in [-0.15, -0.1) is 0 Å². The van der Waals surface area contributed by atoms with E-state index < -0.39 is 0 Å². The molecular formula is C24H26N4O. The van der Waals surface area contributed by atoms with Crippen molar-refractivity contribution in [2.75, 3.05) is 18.0 Å². The molecule has 1 fully saturated rings. The SMILES string of the molecule is Cc1ccc(-c2cnc(N3CCCC(C(=O)NCc4ccccc4)C3)nc2)cc1. The Morgan fingerprint density at radius 2 is 1.76 bits per heavy atom. The van der Waals surface area contributed by atoms with Crippen LogP contribution in [0.25, 0.3) is 11.1 Å². The number of hydrogen-bond acceptors (Lipinski definition) is 4. The number of aromatic nitrogens is 2. The van der Waals surface area contributed by atoms with Gasteiger partial charge in [0, 0.05) is 37.6 Å². The first-order valence-corrected chi connectivity index (χ1v) is 10.1. The van der Waals surface area contributed by atoms with Crippen LogP contribution in [0.2, 0.25) is 0 Å². The van der Waals surface area contributed by atoms with Crippen molar-refractivity contribution in [1.29, 1.82) is 0 Å². The van der Waals surface area contributed by atoms with E-state index in [1.54, 1.807) is 0 Å². The second-order valence-electron chi connectivity index (χ2n) is 7.63. The fourth-order valence-corrected chi connectivity index (χ4v) is 3.68. The molecule has 0 saturated carbocycles. The molecule has 5 nitrogen and oxygen atoms in total. The molecule has 0 bridgehead atoms. The van der Waals surface area contributed by atoms with Gasteiger partial charge in [0.05, 0.1) is 5.92 Å². The Morgan fingerprint density at radius 3 is 2.48 bits per heavy atom. The van der Waals surface area contributed by atoms with Crippen molar-refractivity contribution in [1.82, 2.24) is 15.3 Å². The van der Waals surface area contributed by atoms with Crippen LogP contribution in [0, 0.1) is 12.8 Å². The van der Waals surface area contributed by atoms with Crippen molar-refractivity contribution in [2.45, 2.75) is 26.3 Å². The zero-order valence-corrected chi connectivity index (χ0v) is 16.7. The molecule has 1 aromatic heterocycles. The fraction of sp³-hybridized carbons (Fsp3) is 0.292. The summed E-state index contributed by atoms with van der Waals surface area (Å²) in [5.74, 6) is 0.768. The van der Waals surface area contributed by atoms with Crippen molar-refractivity contribution in [3.8, 4) is 11.1 Å². The molecule has 5 heteroatoms. The zero-order chi connectivity index (χ0) is 20.1. The number of nitrogens with one attached hydrogen (secondary N) is 1. The van der Waals surface area contributed by atoms with Gasteiger partial charge in [0.2, 0.25) is 11.9 Å². The van der Waals surface area contributed by atoms with Crippen LogP contribution in [0.3, 0.4) is 0 Å². The number of hydrogen-bond donors (Lipinski definition) is 1. The van der Waals surface area contributed by atoms with Gasteiger partial charge in [0.1, 0.15) is 0 Å². The lowest BCUT2D eigenvalue weighted by atomic mass is 9.97. The third-order valence-corrected chi connectivity index (χ3v) is 5.41. The van der Waals surface area contributed by atoms with Crippen molar-refractivity contribution in [3.63, 3.8) is 0 Å². The van der Waals surface area contributed by atoms with E-state index in [0.29, 0.717) is 19.0 Å². The lowest BCUT2D eigenvalue weighted by molar-refractivity contribution is -0.125. The van der Waals surface area contributed by atoms with E-state index in [4.69, 9.17) is 0 Å². The van der Waals surface area contributed by atoms with Gasteiger partial charge in [0.25, 0.3) is 0 Å². The average Bonchev–Trinajstić information content (AvgIpc) is 2.79. The van der Waals surface area contributed by atoms with Crippen LogP contribution < -0.4 is 10.2 Å². The van der Waals surface area contributed by atoms with Gasteiger partial charge in [0.15, 0.2) is 0 Å². The summed E-state index contributed by atoms with van der Waals surface area (Å²) >= 11 is 0. The molecule has 1 atom stereocenters. The van der Waals surface area contributed by atoms with Gasteiger partial charge in [-0.3, -0.25) is 4.79 Å². The maximum absolute atomic E-state index is 12.6. The number of piperidine rings is 1. The summed E-state index contributed by atoms with van der Waals surface area (Å²) in [7, 11) is 0. The third-order valence-electron chi connectivity index (χ3n) is 5.41. The first-order valence-electron chi connectivity index (χ1n) is 10.1. The highest BCUT2D eigenvalue weighted by Crippen LogP contribution is 2.23. The molecular weight excluding hydrogens is 360 g/mol. The molecule has 148 valence electrons. The van der Waals surface area contributed by atoms with Crippen molar-refractivity contribution >= 4 is 11.9 Å². The van der Waals surface area contributed by atoms with Gasteiger partial charge in [-0.05, 0) is 30.9 Å². The summed E-state index contributed by atoms with van der Waals surface area (Å²) in [5, 5.41) is 3.07. The summed E-state index contributed by atoms with van der Waals surface area (Å²) in [5.41, 5.74) is 4.46. The molecule has 1 saturated heterocycles. The Hall–Kier alpha value is -3.21. The lowest BCUT2D eigenvalue weighted by Gasteiger charge is -2.32. The number of benzene rings is 2. The number of anilines is 1. The first kappa shape index (κ1) is 19.1. The number of nitrogens with zero attached hydrogens (tertiary/aromatic N) is 3. The van der Waals surface area contributed by atoms with Gasteiger partial charge >= 0.3 is 0 Å². The van der Waals surface area contributed by atoms with Gasteiger partial charge in [-0.1, -0.05) is 60.2 Å². The standard InChI is InChI=1S/C24H26N4O/c1-18-9-11-20(12-10-18)22-15-26-24(27-16-22)28-13-5-8-21(17-28)23(29)25-14-19-6-3-2-4-7-19/h2-4,6-7,9-12,15-16,21H,5,8,13-14,17H2,1H3,(H,25,29). The predicted molar refractivity (Wildman–Crippen MR) is 115 cm³/mol. The van der Waals surface area contributed by atoms with Gasteiger partial charge in [-0.2, -0.15) is 0 Å². The second kappa shape index (κ2) is 8.86. The molecule has 1 amide bonds. The minimum atomic E-state index is -0.0344. The second-order valence-corrected chi connectivity index (χ2v) is 7.63. The third kappa shape index (κ3) is 4.80. The van der Waals surface area contributed by atoms with Crippen LogP contribution >= 0.6 is 0 Å². The fourth-order valence-electron chi connectivity index (χ4n) is 3.68. The van der Waals surface area contributed by atoms with E-state index in [2.05, 4.69) is 51.4 Å². The van der Waals surface area contributed by atoms with E-state index in [0.717, 1.165) is 36.1 Å². The maximum atomic E-state index is 12.6. The highest BCUT2D eigenvalue weighted by atomic mass is 16.1. The van der Waals surface area contributed by atoms with E-state index in [-0.39, 0.29) is 11.8 Å². The van der Waals surface area contributed by atoms with Crippen LogP contribution in [-0.2, 0) is 11.3 Å². The Labute approximate surface area is 171 Å². The van der Waals surface area contributed by atoms with Crippen molar-refractivity contribution in [2.24, 2.45) is 5.92 Å². The minimum absolute atomic E-state index is 0.0344. The van der Waals surface area contributed by atoms with E-state index in [9.17, 15) is 4.79 Å². The quantitative estimate of drug-likeness (QED) is 0.720.